The Morgan fingerprint density at radius 3 is 2.62 bits per heavy atom. The molecule has 2 nitrogen and oxygen atoms in total. The molecule has 2 rings (SSSR count). The number of hydrogen-bond donors (Lipinski definition) is 0. The zero-order chi connectivity index (χ0) is 11.6. The lowest BCUT2D eigenvalue weighted by molar-refractivity contribution is -0.125. The lowest BCUT2D eigenvalue weighted by atomic mass is 9.92. The van der Waals surface area contributed by atoms with Crippen molar-refractivity contribution in [2.45, 2.75) is 25.9 Å². The van der Waals surface area contributed by atoms with Gasteiger partial charge in [-0.2, -0.15) is 0 Å². The average Bonchev–Trinajstić information content (AvgIpc) is 2.27. The molecule has 2 heteroatoms. The van der Waals surface area contributed by atoms with E-state index >= 15 is 0 Å². The van der Waals surface area contributed by atoms with Gasteiger partial charge in [0.05, 0.1) is 5.54 Å². The summed E-state index contributed by atoms with van der Waals surface area (Å²) in [6, 6.07) is 10.3. The average molecular weight is 215 g/mol. The molecule has 84 valence electrons. The quantitative estimate of drug-likeness (QED) is 0.755. The zero-order valence-electron chi connectivity index (χ0n) is 9.81. The van der Waals surface area contributed by atoms with Crippen LogP contribution < -0.4 is 0 Å². The molecule has 0 saturated heterocycles. The SMILES string of the molecule is CC1(C)C(=O)C=CCN1Cc1ccccc1. The van der Waals surface area contributed by atoms with Crippen molar-refractivity contribution in [1.29, 1.82) is 0 Å². The van der Waals surface area contributed by atoms with E-state index in [9.17, 15) is 4.79 Å². The van der Waals surface area contributed by atoms with Gasteiger partial charge in [0.1, 0.15) is 0 Å². The summed E-state index contributed by atoms with van der Waals surface area (Å²) in [4.78, 5) is 14.0. The van der Waals surface area contributed by atoms with E-state index in [1.807, 2.05) is 38.1 Å². The lowest BCUT2D eigenvalue weighted by Gasteiger charge is -2.38. The molecule has 0 spiro atoms. The second-order valence-electron chi connectivity index (χ2n) is 4.69. The van der Waals surface area contributed by atoms with Gasteiger partial charge in [-0.1, -0.05) is 36.4 Å². The van der Waals surface area contributed by atoms with Crippen LogP contribution in [0.3, 0.4) is 0 Å². The molecule has 1 aliphatic rings. The molecule has 0 bridgehead atoms. The molecule has 0 radical (unpaired) electrons. The van der Waals surface area contributed by atoms with Crippen LogP contribution in [0.15, 0.2) is 42.5 Å². The van der Waals surface area contributed by atoms with E-state index < -0.39 is 0 Å². The van der Waals surface area contributed by atoms with E-state index in [0.29, 0.717) is 0 Å². The van der Waals surface area contributed by atoms with E-state index in [0.717, 1.165) is 13.1 Å². The predicted molar refractivity (Wildman–Crippen MR) is 65.1 cm³/mol. The highest BCUT2D eigenvalue weighted by atomic mass is 16.1. The van der Waals surface area contributed by atoms with E-state index in [1.165, 1.54) is 5.56 Å². The standard InChI is InChI=1S/C14H17NO/c1-14(2)13(16)9-6-10-15(14)11-12-7-4-3-5-8-12/h3-9H,10-11H2,1-2H3. The summed E-state index contributed by atoms with van der Waals surface area (Å²) in [5.74, 6) is 0.190. The lowest BCUT2D eigenvalue weighted by Crippen LogP contribution is -2.51. The minimum absolute atomic E-state index is 0.190. The third kappa shape index (κ3) is 2.07. The monoisotopic (exact) mass is 215 g/mol. The molecular weight excluding hydrogens is 198 g/mol. The van der Waals surface area contributed by atoms with Crippen LogP contribution in [0, 0.1) is 0 Å². The number of rotatable bonds is 2. The molecule has 0 saturated carbocycles. The Kier molecular flexibility index (Phi) is 2.92. The molecule has 1 heterocycles. The Balaban J connectivity index is 2.17. The van der Waals surface area contributed by atoms with Crippen LogP contribution in [0.25, 0.3) is 0 Å². The topological polar surface area (TPSA) is 20.3 Å². The summed E-state index contributed by atoms with van der Waals surface area (Å²) in [5, 5.41) is 0. The highest BCUT2D eigenvalue weighted by Gasteiger charge is 2.34. The largest absolute Gasteiger partial charge is 0.293 e. The fourth-order valence-corrected chi connectivity index (χ4v) is 1.94. The van der Waals surface area contributed by atoms with Gasteiger partial charge in [-0.25, -0.2) is 0 Å². The molecular formula is C14H17NO. The molecule has 1 aromatic rings. The molecule has 0 aromatic heterocycles. The fraction of sp³-hybridized carbons (Fsp3) is 0.357. The third-order valence-corrected chi connectivity index (χ3v) is 3.20. The van der Waals surface area contributed by atoms with Gasteiger partial charge >= 0.3 is 0 Å². The Morgan fingerprint density at radius 2 is 1.94 bits per heavy atom. The predicted octanol–water partition coefficient (Wildman–Crippen LogP) is 2.41. The van der Waals surface area contributed by atoms with Crippen LogP contribution in [-0.2, 0) is 11.3 Å². The Hall–Kier alpha value is -1.41. The number of carbonyl (C=O) groups is 1. The highest BCUT2D eigenvalue weighted by Crippen LogP contribution is 2.22. The molecule has 16 heavy (non-hydrogen) atoms. The van der Waals surface area contributed by atoms with Crippen molar-refractivity contribution in [2.75, 3.05) is 6.54 Å². The van der Waals surface area contributed by atoms with E-state index in [2.05, 4.69) is 17.0 Å². The molecule has 0 fully saturated rings. The van der Waals surface area contributed by atoms with E-state index in [-0.39, 0.29) is 11.3 Å². The van der Waals surface area contributed by atoms with Gasteiger partial charge in [0.15, 0.2) is 5.78 Å². The van der Waals surface area contributed by atoms with Crippen LogP contribution in [0.4, 0.5) is 0 Å². The van der Waals surface area contributed by atoms with Gasteiger partial charge in [0.25, 0.3) is 0 Å². The maximum absolute atomic E-state index is 11.8. The summed E-state index contributed by atoms with van der Waals surface area (Å²) in [6.07, 6.45) is 3.64. The summed E-state index contributed by atoms with van der Waals surface area (Å²) < 4.78 is 0. The summed E-state index contributed by atoms with van der Waals surface area (Å²) in [5.41, 5.74) is 0.864. The zero-order valence-corrected chi connectivity index (χ0v) is 9.81. The smallest absolute Gasteiger partial charge is 0.175 e. The molecule has 0 amide bonds. The number of benzene rings is 1. The molecule has 0 aliphatic carbocycles. The van der Waals surface area contributed by atoms with E-state index in [4.69, 9.17) is 0 Å². The fourth-order valence-electron chi connectivity index (χ4n) is 1.94. The first kappa shape index (κ1) is 11.1. The second-order valence-corrected chi connectivity index (χ2v) is 4.69. The summed E-state index contributed by atoms with van der Waals surface area (Å²) in [6.45, 7) is 5.64. The summed E-state index contributed by atoms with van der Waals surface area (Å²) in [7, 11) is 0. The van der Waals surface area contributed by atoms with Crippen molar-refractivity contribution < 1.29 is 4.79 Å². The first-order valence-electron chi connectivity index (χ1n) is 5.60. The van der Waals surface area contributed by atoms with Crippen LogP contribution >= 0.6 is 0 Å². The number of carbonyl (C=O) groups excluding carboxylic acids is 1. The summed E-state index contributed by atoms with van der Waals surface area (Å²) >= 11 is 0. The Morgan fingerprint density at radius 1 is 1.25 bits per heavy atom. The Labute approximate surface area is 96.6 Å². The van der Waals surface area contributed by atoms with Crippen LogP contribution in [0.1, 0.15) is 19.4 Å². The normalized spacial score (nSPS) is 20.0. The number of hydrogen-bond acceptors (Lipinski definition) is 2. The van der Waals surface area contributed by atoms with Gasteiger partial charge in [0, 0.05) is 13.1 Å². The first-order chi connectivity index (χ1) is 7.60. The van der Waals surface area contributed by atoms with Crippen molar-refractivity contribution >= 4 is 5.78 Å². The minimum atomic E-state index is -0.384. The van der Waals surface area contributed by atoms with Crippen LogP contribution in [-0.4, -0.2) is 22.8 Å². The van der Waals surface area contributed by atoms with Gasteiger partial charge in [-0.15, -0.1) is 0 Å². The van der Waals surface area contributed by atoms with Crippen molar-refractivity contribution in [3.8, 4) is 0 Å². The van der Waals surface area contributed by atoms with Crippen LogP contribution in [0.5, 0.6) is 0 Å². The molecule has 0 unspecified atom stereocenters. The number of nitrogens with zero attached hydrogens (tertiary/aromatic N) is 1. The van der Waals surface area contributed by atoms with Gasteiger partial charge in [0.2, 0.25) is 0 Å². The van der Waals surface area contributed by atoms with Crippen molar-refractivity contribution in [3.63, 3.8) is 0 Å². The highest BCUT2D eigenvalue weighted by molar-refractivity contribution is 5.98. The second kappa shape index (κ2) is 4.22. The van der Waals surface area contributed by atoms with Gasteiger partial charge in [-0.05, 0) is 25.5 Å². The third-order valence-electron chi connectivity index (χ3n) is 3.20. The van der Waals surface area contributed by atoms with E-state index in [1.54, 1.807) is 6.08 Å². The van der Waals surface area contributed by atoms with Gasteiger partial charge < -0.3 is 0 Å². The molecule has 1 aromatic carbocycles. The first-order valence-corrected chi connectivity index (χ1v) is 5.60. The number of ketones is 1. The molecule has 0 N–H and O–H groups in total. The van der Waals surface area contributed by atoms with Crippen LogP contribution in [0.2, 0.25) is 0 Å². The van der Waals surface area contributed by atoms with Crippen molar-refractivity contribution in [2.24, 2.45) is 0 Å². The van der Waals surface area contributed by atoms with Crippen molar-refractivity contribution in [3.05, 3.63) is 48.0 Å². The maximum atomic E-state index is 11.8. The molecule has 1 aliphatic heterocycles. The maximum Gasteiger partial charge on any atom is 0.175 e. The van der Waals surface area contributed by atoms with Crippen molar-refractivity contribution in [1.82, 2.24) is 4.90 Å². The minimum Gasteiger partial charge on any atom is -0.293 e. The Bertz CT molecular complexity index is 406. The molecule has 0 atom stereocenters. The van der Waals surface area contributed by atoms with Gasteiger partial charge in [-0.3, -0.25) is 9.69 Å².